The van der Waals surface area contributed by atoms with Crippen molar-refractivity contribution in [2.45, 2.75) is 5.16 Å². The van der Waals surface area contributed by atoms with Crippen LogP contribution in [0.5, 0.6) is 23.0 Å². The van der Waals surface area contributed by atoms with E-state index in [-0.39, 0.29) is 0 Å². The van der Waals surface area contributed by atoms with Crippen LogP contribution in [-0.2, 0) is 0 Å². The first-order chi connectivity index (χ1) is 13.1. The van der Waals surface area contributed by atoms with Crippen molar-refractivity contribution >= 4 is 11.8 Å². The Kier molecular flexibility index (Phi) is 5.81. The van der Waals surface area contributed by atoms with Crippen molar-refractivity contribution in [1.29, 1.82) is 0 Å². The number of thioether (sulfide) groups is 1. The molecule has 3 aromatic rings. The van der Waals surface area contributed by atoms with Crippen molar-refractivity contribution in [2.75, 3.05) is 34.7 Å². The number of ether oxygens (including phenoxy) is 4. The van der Waals surface area contributed by atoms with Gasteiger partial charge in [0.25, 0.3) is 0 Å². The van der Waals surface area contributed by atoms with Gasteiger partial charge in [0, 0.05) is 11.1 Å². The lowest BCUT2D eigenvalue weighted by Gasteiger charge is -2.11. The van der Waals surface area contributed by atoms with E-state index in [4.69, 9.17) is 23.9 Å². The normalized spacial score (nSPS) is 10.6. The molecule has 0 radical (unpaired) electrons. The van der Waals surface area contributed by atoms with E-state index in [0.717, 1.165) is 27.7 Å². The van der Waals surface area contributed by atoms with Gasteiger partial charge in [-0.15, -0.1) is 0 Å². The fourth-order valence-electron chi connectivity index (χ4n) is 2.84. The highest BCUT2D eigenvalue weighted by Crippen LogP contribution is 2.39. The third-order valence-corrected chi connectivity index (χ3v) is 4.78. The Balaban J connectivity index is 2.15. The van der Waals surface area contributed by atoms with Crippen LogP contribution >= 0.6 is 11.8 Å². The molecule has 0 saturated carbocycles. The minimum atomic E-state index is 0.655. The summed E-state index contributed by atoms with van der Waals surface area (Å²) in [6, 6.07) is 11.5. The van der Waals surface area contributed by atoms with Crippen LogP contribution in [0.1, 0.15) is 0 Å². The predicted octanol–water partition coefficient (Wildman–Crippen LogP) is 4.50. The Morgan fingerprint density at radius 3 is 1.78 bits per heavy atom. The summed E-state index contributed by atoms with van der Waals surface area (Å²) in [5.41, 5.74) is 3.60. The maximum Gasteiger partial charge on any atom is 0.166 e. The van der Waals surface area contributed by atoms with Gasteiger partial charge in [-0.3, -0.25) is 0 Å². The largest absolute Gasteiger partial charge is 0.493 e. The van der Waals surface area contributed by atoms with Crippen LogP contribution in [0.15, 0.2) is 41.6 Å². The first kappa shape index (κ1) is 19.0. The van der Waals surface area contributed by atoms with Gasteiger partial charge in [-0.05, 0) is 42.7 Å². The molecule has 0 spiro atoms. The molecule has 0 aliphatic carbocycles. The van der Waals surface area contributed by atoms with Gasteiger partial charge in [-0.25, -0.2) is 4.98 Å². The first-order valence-electron chi connectivity index (χ1n) is 8.24. The number of rotatable bonds is 7. The van der Waals surface area contributed by atoms with Crippen LogP contribution in [0.2, 0.25) is 0 Å². The van der Waals surface area contributed by atoms with Crippen molar-refractivity contribution in [3.8, 4) is 45.5 Å². The van der Waals surface area contributed by atoms with Crippen LogP contribution in [0.3, 0.4) is 0 Å². The van der Waals surface area contributed by atoms with Crippen molar-refractivity contribution in [1.82, 2.24) is 9.97 Å². The number of aromatic nitrogens is 2. The predicted molar refractivity (Wildman–Crippen MR) is 107 cm³/mol. The number of hydrogen-bond donors (Lipinski definition) is 1. The van der Waals surface area contributed by atoms with Crippen LogP contribution in [0, 0.1) is 0 Å². The zero-order valence-corrected chi connectivity index (χ0v) is 16.8. The fourth-order valence-corrected chi connectivity index (χ4v) is 3.23. The van der Waals surface area contributed by atoms with Crippen LogP contribution in [-0.4, -0.2) is 44.7 Å². The lowest BCUT2D eigenvalue weighted by molar-refractivity contribution is 0.355. The lowest BCUT2D eigenvalue weighted by Crippen LogP contribution is -1.93. The second-order valence-corrected chi connectivity index (χ2v) is 6.40. The molecule has 0 aliphatic heterocycles. The lowest BCUT2D eigenvalue weighted by atomic mass is 10.0. The molecule has 1 N–H and O–H groups in total. The van der Waals surface area contributed by atoms with Gasteiger partial charge >= 0.3 is 0 Å². The molecule has 142 valence electrons. The summed E-state index contributed by atoms with van der Waals surface area (Å²) in [7, 11) is 6.48. The van der Waals surface area contributed by atoms with Crippen molar-refractivity contribution in [3.63, 3.8) is 0 Å². The summed E-state index contributed by atoms with van der Waals surface area (Å²) in [4.78, 5) is 8.13. The van der Waals surface area contributed by atoms with Gasteiger partial charge in [0.05, 0.1) is 39.8 Å². The van der Waals surface area contributed by atoms with Crippen LogP contribution in [0.25, 0.3) is 22.5 Å². The molecule has 1 aromatic heterocycles. The van der Waals surface area contributed by atoms with Crippen molar-refractivity contribution in [3.05, 3.63) is 36.4 Å². The summed E-state index contributed by atoms with van der Waals surface area (Å²) in [6.07, 6.45) is 1.98. The number of nitrogens with one attached hydrogen (secondary N) is 1. The zero-order valence-electron chi connectivity index (χ0n) is 16.0. The monoisotopic (exact) mass is 386 g/mol. The molecular formula is C20H22N2O4S. The molecule has 0 fully saturated rings. The van der Waals surface area contributed by atoms with Gasteiger partial charge < -0.3 is 23.9 Å². The molecule has 2 aromatic carbocycles. The number of methoxy groups -OCH3 is 4. The second-order valence-electron chi connectivity index (χ2n) is 5.61. The van der Waals surface area contributed by atoms with E-state index in [1.165, 1.54) is 0 Å². The van der Waals surface area contributed by atoms with E-state index in [9.17, 15) is 0 Å². The Bertz CT molecular complexity index is 867. The van der Waals surface area contributed by atoms with Gasteiger partial charge in [0.1, 0.15) is 0 Å². The number of imidazole rings is 1. The smallest absolute Gasteiger partial charge is 0.166 e. The molecule has 0 saturated heterocycles. The third kappa shape index (κ3) is 3.68. The number of H-pyrrole nitrogens is 1. The maximum absolute atomic E-state index is 5.44. The molecule has 0 unspecified atom stereocenters. The average Bonchev–Trinajstić information content (AvgIpc) is 3.17. The number of nitrogens with zero attached hydrogens (tertiary/aromatic N) is 1. The topological polar surface area (TPSA) is 65.6 Å². The van der Waals surface area contributed by atoms with Gasteiger partial charge in [-0.1, -0.05) is 11.8 Å². The van der Waals surface area contributed by atoms with Crippen molar-refractivity contribution < 1.29 is 18.9 Å². The molecule has 0 bridgehead atoms. The number of aromatic amines is 1. The molecule has 3 rings (SSSR count). The molecule has 7 heteroatoms. The molecule has 0 atom stereocenters. The molecule has 27 heavy (non-hydrogen) atoms. The first-order valence-corrected chi connectivity index (χ1v) is 9.46. The highest BCUT2D eigenvalue weighted by atomic mass is 32.2. The molecule has 1 heterocycles. The van der Waals surface area contributed by atoms with E-state index in [1.54, 1.807) is 40.2 Å². The number of hydrogen-bond acceptors (Lipinski definition) is 6. The summed E-state index contributed by atoms with van der Waals surface area (Å²) >= 11 is 1.55. The summed E-state index contributed by atoms with van der Waals surface area (Å²) < 4.78 is 21.6. The standard InChI is InChI=1S/C20H22N2O4S/c1-23-14-8-6-12(10-16(14)25-3)18-19(22-20(21-18)27-5)13-7-9-15(24-2)17(11-13)26-4/h6-11H,1-5H3,(H,21,22). The van der Waals surface area contributed by atoms with Gasteiger partial charge in [-0.2, -0.15) is 0 Å². The van der Waals surface area contributed by atoms with Gasteiger partial charge in [0.2, 0.25) is 0 Å². The van der Waals surface area contributed by atoms with E-state index in [2.05, 4.69) is 4.98 Å². The molecule has 0 aliphatic rings. The zero-order chi connectivity index (χ0) is 19.4. The van der Waals surface area contributed by atoms with E-state index in [0.29, 0.717) is 23.0 Å². The molecule has 0 amide bonds. The highest BCUT2D eigenvalue weighted by molar-refractivity contribution is 7.98. The van der Waals surface area contributed by atoms with E-state index in [1.807, 2.05) is 42.7 Å². The molecular weight excluding hydrogens is 364 g/mol. The molecule has 6 nitrogen and oxygen atoms in total. The minimum Gasteiger partial charge on any atom is -0.493 e. The Morgan fingerprint density at radius 1 is 0.741 bits per heavy atom. The van der Waals surface area contributed by atoms with E-state index < -0.39 is 0 Å². The van der Waals surface area contributed by atoms with Gasteiger partial charge in [0.15, 0.2) is 28.2 Å². The number of benzene rings is 2. The quantitative estimate of drug-likeness (QED) is 0.603. The average molecular weight is 386 g/mol. The summed E-state index contributed by atoms with van der Waals surface area (Å²) in [6.45, 7) is 0. The maximum atomic E-state index is 5.44. The Morgan fingerprint density at radius 2 is 1.26 bits per heavy atom. The third-order valence-electron chi connectivity index (χ3n) is 4.20. The fraction of sp³-hybridized carbons (Fsp3) is 0.250. The minimum absolute atomic E-state index is 0.655. The van der Waals surface area contributed by atoms with Crippen LogP contribution in [0.4, 0.5) is 0 Å². The Labute approximate surface area is 162 Å². The SMILES string of the molecule is COc1ccc(-c2nc(SC)[nH]c2-c2ccc(OC)c(OC)c2)cc1OC. The summed E-state index contributed by atoms with van der Waals surface area (Å²) in [5, 5.41) is 0.824. The highest BCUT2D eigenvalue weighted by Gasteiger charge is 2.17. The van der Waals surface area contributed by atoms with E-state index >= 15 is 0 Å². The Hall–Kier alpha value is -2.80. The van der Waals surface area contributed by atoms with Crippen molar-refractivity contribution in [2.24, 2.45) is 0 Å². The second kappa shape index (κ2) is 8.26. The van der Waals surface area contributed by atoms with Crippen LogP contribution < -0.4 is 18.9 Å². The summed E-state index contributed by atoms with van der Waals surface area (Å²) in [5.74, 6) is 2.67.